The topological polar surface area (TPSA) is 128 Å². The van der Waals surface area contributed by atoms with Gasteiger partial charge in [0.05, 0.1) is 22.9 Å². The van der Waals surface area contributed by atoms with Crippen LogP contribution in [-0.2, 0) is 19.6 Å². The van der Waals surface area contributed by atoms with E-state index in [9.17, 15) is 13.2 Å². The zero-order valence-electron chi connectivity index (χ0n) is 12.0. The number of amides is 1. The second-order valence-electron chi connectivity index (χ2n) is 4.48. The van der Waals surface area contributed by atoms with Gasteiger partial charge in [-0.3, -0.25) is 4.79 Å². The standard InChI is InChI=1S/C12H20N4O4S/c1-16(2)21(18,19)9-3-4-10(13)11(7-9)15-5-6-20-8-12(14)17/h3-4,7,15H,5-6,8,13H2,1-2H3,(H2,14,17). The molecule has 0 bridgehead atoms. The Morgan fingerprint density at radius 2 is 2.05 bits per heavy atom. The van der Waals surface area contributed by atoms with Crippen molar-refractivity contribution in [2.24, 2.45) is 5.73 Å². The number of rotatable bonds is 8. The van der Waals surface area contributed by atoms with E-state index in [1.807, 2.05) is 0 Å². The Hall–Kier alpha value is -1.84. The molecule has 0 aromatic heterocycles. The van der Waals surface area contributed by atoms with Crippen LogP contribution in [0.4, 0.5) is 11.4 Å². The first-order valence-corrected chi connectivity index (χ1v) is 7.61. The van der Waals surface area contributed by atoms with Crippen molar-refractivity contribution in [1.29, 1.82) is 0 Å². The molecule has 8 nitrogen and oxygen atoms in total. The van der Waals surface area contributed by atoms with E-state index >= 15 is 0 Å². The first kappa shape index (κ1) is 17.2. The first-order chi connectivity index (χ1) is 9.75. The summed E-state index contributed by atoms with van der Waals surface area (Å²) in [5.74, 6) is -0.548. The lowest BCUT2D eigenvalue weighted by atomic mass is 10.2. The highest BCUT2D eigenvalue weighted by atomic mass is 32.2. The van der Waals surface area contributed by atoms with E-state index in [-0.39, 0.29) is 18.1 Å². The summed E-state index contributed by atoms with van der Waals surface area (Å²) in [6.07, 6.45) is 0. The summed E-state index contributed by atoms with van der Waals surface area (Å²) in [6, 6.07) is 4.42. The van der Waals surface area contributed by atoms with Crippen molar-refractivity contribution >= 4 is 27.3 Å². The van der Waals surface area contributed by atoms with E-state index in [1.54, 1.807) is 0 Å². The summed E-state index contributed by atoms with van der Waals surface area (Å²) in [4.78, 5) is 10.6. The number of hydrogen-bond donors (Lipinski definition) is 3. The molecule has 0 saturated heterocycles. The molecule has 118 valence electrons. The average Bonchev–Trinajstić information content (AvgIpc) is 2.39. The Morgan fingerprint density at radius 3 is 2.62 bits per heavy atom. The lowest BCUT2D eigenvalue weighted by Crippen LogP contribution is -2.23. The highest BCUT2D eigenvalue weighted by Crippen LogP contribution is 2.23. The van der Waals surface area contributed by atoms with Gasteiger partial charge in [0.1, 0.15) is 6.61 Å². The van der Waals surface area contributed by atoms with Crippen LogP contribution in [0.5, 0.6) is 0 Å². The molecule has 0 spiro atoms. The number of anilines is 2. The number of hydrogen-bond acceptors (Lipinski definition) is 6. The molecular weight excluding hydrogens is 296 g/mol. The molecule has 9 heteroatoms. The van der Waals surface area contributed by atoms with Crippen LogP contribution in [0.3, 0.4) is 0 Å². The fourth-order valence-corrected chi connectivity index (χ4v) is 2.42. The molecule has 0 aliphatic heterocycles. The minimum atomic E-state index is -3.52. The maximum atomic E-state index is 12.0. The maximum absolute atomic E-state index is 12.0. The molecule has 0 aliphatic rings. The first-order valence-electron chi connectivity index (χ1n) is 6.17. The van der Waals surface area contributed by atoms with Gasteiger partial charge in [0.2, 0.25) is 15.9 Å². The predicted molar refractivity (Wildman–Crippen MR) is 80.2 cm³/mol. The SMILES string of the molecule is CN(C)S(=O)(=O)c1ccc(N)c(NCCOCC(N)=O)c1. The molecule has 0 saturated carbocycles. The van der Waals surface area contributed by atoms with Gasteiger partial charge in [0.15, 0.2) is 0 Å². The summed E-state index contributed by atoms with van der Waals surface area (Å²) < 4.78 is 30.2. The number of carbonyl (C=O) groups is 1. The van der Waals surface area contributed by atoms with Gasteiger partial charge in [0.25, 0.3) is 0 Å². The molecule has 0 unspecified atom stereocenters. The van der Waals surface area contributed by atoms with Crippen LogP contribution in [0.2, 0.25) is 0 Å². The zero-order valence-corrected chi connectivity index (χ0v) is 12.8. The Balaban J connectivity index is 2.73. The van der Waals surface area contributed by atoms with Crippen molar-refractivity contribution < 1.29 is 17.9 Å². The van der Waals surface area contributed by atoms with E-state index in [0.717, 1.165) is 4.31 Å². The van der Waals surface area contributed by atoms with Crippen LogP contribution in [0.15, 0.2) is 23.1 Å². The number of benzene rings is 1. The summed E-state index contributed by atoms with van der Waals surface area (Å²) in [5.41, 5.74) is 11.6. The Bertz CT molecular complexity index is 601. The van der Waals surface area contributed by atoms with Crippen LogP contribution in [0, 0.1) is 0 Å². The molecular formula is C12H20N4O4S. The number of ether oxygens (including phenoxy) is 1. The molecule has 0 aliphatic carbocycles. The molecule has 1 rings (SSSR count). The molecule has 0 atom stereocenters. The highest BCUT2D eigenvalue weighted by molar-refractivity contribution is 7.89. The van der Waals surface area contributed by atoms with Crippen molar-refractivity contribution in [3.8, 4) is 0 Å². The number of primary amides is 1. The number of nitrogen functional groups attached to an aromatic ring is 1. The third-order valence-corrected chi connectivity index (χ3v) is 4.42. The highest BCUT2D eigenvalue weighted by Gasteiger charge is 2.18. The van der Waals surface area contributed by atoms with E-state index < -0.39 is 15.9 Å². The van der Waals surface area contributed by atoms with Crippen LogP contribution >= 0.6 is 0 Å². The van der Waals surface area contributed by atoms with Crippen molar-refractivity contribution in [2.45, 2.75) is 4.90 Å². The van der Waals surface area contributed by atoms with E-state index in [2.05, 4.69) is 5.32 Å². The minimum Gasteiger partial charge on any atom is -0.397 e. The predicted octanol–water partition coefficient (Wildman–Crippen LogP) is -0.567. The summed E-state index contributed by atoms with van der Waals surface area (Å²) in [6.45, 7) is 0.447. The third-order valence-electron chi connectivity index (χ3n) is 2.61. The number of nitrogens with two attached hydrogens (primary N) is 2. The Labute approximate surface area is 124 Å². The Morgan fingerprint density at radius 1 is 1.38 bits per heavy atom. The molecule has 1 aromatic carbocycles. The fourth-order valence-electron chi connectivity index (χ4n) is 1.49. The smallest absolute Gasteiger partial charge is 0.243 e. The lowest BCUT2D eigenvalue weighted by molar-refractivity contribution is -0.122. The van der Waals surface area contributed by atoms with Gasteiger partial charge in [-0.2, -0.15) is 0 Å². The third kappa shape index (κ3) is 4.88. The van der Waals surface area contributed by atoms with Gasteiger partial charge in [0, 0.05) is 20.6 Å². The van der Waals surface area contributed by atoms with Gasteiger partial charge in [-0.25, -0.2) is 12.7 Å². The number of nitrogens with zero attached hydrogens (tertiary/aromatic N) is 1. The van der Waals surface area contributed by atoms with Crippen molar-refractivity contribution in [1.82, 2.24) is 4.31 Å². The Kier molecular flexibility index (Phi) is 5.94. The zero-order chi connectivity index (χ0) is 16.0. The number of nitrogens with one attached hydrogen (secondary N) is 1. The van der Waals surface area contributed by atoms with Crippen LogP contribution in [0.25, 0.3) is 0 Å². The average molecular weight is 316 g/mol. The normalized spacial score (nSPS) is 11.6. The maximum Gasteiger partial charge on any atom is 0.243 e. The number of carbonyl (C=O) groups excluding carboxylic acids is 1. The van der Waals surface area contributed by atoms with E-state index in [0.29, 0.717) is 17.9 Å². The largest absolute Gasteiger partial charge is 0.397 e. The second kappa shape index (κ2) is 7.25. The van der Waals surface area contributed by atoms with Crippen molar-refractivity contribution in [3.63, 3.8) is 0 Å². The quantitative estimate of drug-likeness (QED) is 0.435. The second-order valence-corrected chi connectivity index (χ2v) is 6.63. The van der Waals surface area contributed by atoms with Gasteiger partial charge in [-0.05, 0) is 18.2 Å². The summed E-state index contributed by atoms with van der Waals surface area (Å²) >= 11 is 0. The molecule has 1 aromatic rings. The van der Waals surface area contributed by atoms with Gasteiger partial charge < -0.3 is 21.5 Å². The number of sulfonamides is 1. The molecule has 1 amide bonds. The van der Waals surface area contributed by atoms with Crippen LogP contribution in [-0.4, -0.2) is 52.5 Å². The summed E-state index contributed by atoms with van der Waals surface area (Å²) in [7, 11) is -0.608. The molecule has 21 heavy (non-hydrogen) atoms. The van der Waals surface area contributed by atoms with E-state index in [1.165, 1.54) is 32.3 Å². The summed E-state index contributed by atoms with van der Waals surface area (Å²) in [5, 5.41) is 2.95. The molecule has 0 heterocycles. The lowest BCUT2D eigenvalue weighted by Gasteiger charge is -2.14. The van der Waals surface area contributed by atoms with Gasteiger partial charge >= 0.3 is 0 Å². The van der Waals surface area contributed by atoms with Gasteiger partial charge in [-0.1, -0.05) is 0 Å². The fraction of sp³-hybridized carbons (Fsp3) is 0.417. The van der Waals surface area contributed by atoms with Crippen molar-refractivity contribution in [3.05, 3.63) is 18.2 Å². The molecule has 5 N–H and O–H groups in total. The van der Waals surface area contributed by atoms with E-state index in [4.69, 9.17) is 16.2 Å². The van der Waals surface area contributed by atoms with Crippen LogP contribution < -0.4 is 16.8 Å². The van der Waals surface area contributed by atoms with Crippen molar-refractivity contribution in [2.75, 3.05) is 44.9 Å². The van der Waals surface area contributed by atoms with Gasteiger partial charge in [-0.15, -0.1) is 0 Å². The molecule has 0 radical (unpaired) electrons. The monoisotopic (exact) mass is 316 g/mol. The minimum absolute atomic E-state index is 0.141. The molecule has 0 fully saturated rings. The van der Waals surface area contributed by atoms with Crippen LogP contribution in [0.1, 0.15) is 0 Å².